The van der Waals surface area contributed by atoms with Crippen molar-refractivity contribution in [3.05, 3.63) is 0 Å². The summed E-state index contributed by atoms with van der Waals surface area (Å²) in [5, 5.41) is 11.6. The number of hydrogen-bond donors (Lipinski definition) is 2. The first-order valence-electron chi connectivity index (χ1n) is 5.25. The summed E-state index contributed by atoms with van der Waals surface area (Å²) in [6.45, 7) is 5.56. The van der Waals surface area contributed by atoms with Crippen molar-refractivity contribution in [2.24, 2.45) is 5.92 Å². The molecule has 4 nitrogen and oxygen atoms in total. The van der Waals surface area contributed by atoms with Crippen molar-refractivity contribution in [1.82, 2.24) is 10.2 Å². The standard InChI is InChI=1S/C10H22N2O2/c1-4-9(6-7-13)8-11-10(14)12(3)5-2/h9,13H,4-8H2,1-3H3,(H,11,14). The third-order valence-electron chi connectivity index (χ3n) is 2.48. The van der Waals surface area contributed by atoms with Gasteiger partial charge in [0.2, 0.25) is 0 Å². The molecule has 0 aromatic carbocycles. The third-order valence-corrected chi connectivity index (χ3v) is 2.48. The van der Waals surface area contributed by atoms with Gasteiger partial charge in [0.1, 0.15) is 0 Å². The molecular weight excluding hydrogens is 180 g/mol. The van der Waals surface area contributed by atoms with Gasteiger partial charge < -0.3 is 15.3 Å². The molecule has 0 rings (SSSR count). The second-order valence-corrected chi connectivity index (χ2v) is 3.49. The van der Waals surface area contributed by atoms with Crippen molar-refractivity contribution in [1.29, 1.82) is 0 Å². The summed E-state index contributed by atoms with van der Waals surface area (Å²) in [5.41, 5.74) is 0. The topological polar surface area (TPSA) is 52.6 Å². The number of aliphatic hydroxyl groups excluding tert-OH is 1. The lowest BCUT2D eigenvalue weighted by molar-refractivity contribution is 0.205. The Morgan fingerprint density at radius 2 is 2.14 bits per heavy atom. The van der Waals surface area contributed by atoms with Gasteiger partial charge in [0, 0.05) is 26.7 Å². The van der Waals surface area contributed by atoms with Crippen molar-refractivity contribution in [2.75, 3.05) is 26.7 Å². The lowest BCUT2D eigenvalue weighted by Crippen LogP contribution is -2.39. The molecule has 0 bridgehead atoms. The van der Waals surface area contributed by atoms with Gasteiger partial charge in [0.25, 0.3) is 0 Å². The van der Waals surface area contributed by atoms with Crippen molar-refractivity contribution < 1.29 is 9.90 Å². The van der Waals surface area contributed by atoms with Gasteiger partial charge in [0.15, 0.2) is 0 Å². The van der Waals surface area contributed by atoms with E-state index in [1.54, 1.807) is 11.9 Å². The number of amides is 2. The summed E-state index contributed by atoms with van der Waals surface area (Å²) in [7, 11) is 1.77. The van der Waals surface area contributed by atoms with E-state index in [0.29, 0.717) is 19.0 Å². The summed E-state index contributed by atoms with van der Waals surface area (Å²) in [5.74, 6) is 0.384. The molecule has 0 aliphatic rings. The Morgan fingerprint density at radius 1 is 1.50 bits per heavy atom. The maximum absolute atomic E-state index is 11.4. The highest BCUT2D eigenvalue weighted by molar-refractivity contribution is 5.73. The van der Waals surface area contributed by atoms with Crippen LogP contribution < -0.4 is 5.32 Å². The first kappa shape index (κ1) is 13.2. The van der Waals surface area contributed by atoms with Gasteiger partial charge in [-0.05, 0) is 19.3 Å². The lowest BCUT2D eigenvalue weighted by Gasteiger charge is -2.19. The number of aliphatic hydroxyl groups is 1. The molecule has 0 fully saturated rings. The lowest BCUT2D eigenvalue weighted by atomic mass is 10.0. The van der Waals surface area contributed by atoms with Crippen molar-refractivity contribution >= 4 is 6.03 Å². The van der Waals surface area contributed by atoms with E-state index in [0.717, 1.165) is 12.8 Å². The Bertz CT molecular complexity index is 162. The highest BCUT2D eigenvalue weighted by atomic mass is 16.3. The van der Waals surface area contributed by atoms with Crippen LogP contribution in [0.25, 0.3) is 0 Å². The van der Waals surface area contributed by atoms with Crippen LogP contribution in [0.2, 0.25) is 0 Å². The number of rotatable bonds is 6. The highest BCUT2D eigenvalue weighted by Crippen LogP contribution is 2.05. The molecule has 0 aliphatic carbocycles. The van der Waals surface area contributed by atoms with Crippen LogP contribution in [0.3, 0.4) is 0 Å². The fraction of sp³-hybridized carbons (Fsp3) is 0.900. The van der Waals surface area contributed by atoms with E-state index < -0.39 is 0 Å². The van der Waals surface area contributed by atoms with Crippen LogP contribution in [-0.4, -0.2) is 42.8 Å². The molecule has 0 radical (unpaired) electrons. The third kappa shape index (κ3) is 5.07. The predicted molar refractivity (Wildman–Crippen MR) is 57.2 cm³/mol. The molecule has 84 valence electrons. The van der Waals surface area contributed by atoms with Gasteiger partial charge in [-0.25, -0.2) is 4.79 Å². The van der Waals surface area contributed by atoms with Crippen LogP contribution in [0.1, 0.15) is 26.7 Å². The second kappa shape index (κ2) is 7.62. The average molecular weight is 202 g/mol. The van der Waals surface area contributed by atoms with Crippen LogP contribution in [0.4, 0.5) is 4.79 Å². The Labute approximate surface area is 86.3 Å². The fourth-order valence-electron chi connectivity index (χ4n) is 1.14. The van der Waals surface area contributed by atoms with Crippen LogP contribution in [0, 0.1) is 5.92 Å². The monoisotopic (exact) mass is 202 g/mol. The zero-order chi connectivity index (χ0) is 11.0. The molecule has 0 saturated carbocycles. The van der Waals surface area contributed by atoms with E-state index in [4.69, 9.17) is 5.11 Å². The molecule has 2 amide bonds. The average Bonchev–Trinajstić information content (AvgIpc) is 2.22. The summed E-state index contributed by atoms with van der Waals surface area (Å²) in [6.07, 6.45) is 1.74. The smallest absolute Gasteiger partial charge is 0.317 e. The van der Waals surface area contributed by atoms with E-state index in [1.807, 2.05) is 6.92 Å². The SMILES string of the molecule is CCC(CCO)CNC(=O)N(C)CC. The summed E-state index contributed by atoms with van der Waals surface area (Å²) in [6, 6.07) is -0.0381. The fourth-order valence-corrected chi connectivity index (χ4v) is 1.14. The molecule has 0 aliphatic heterocycles. The number of nitrogens with one attached hydrogen (secondary N) is 1. The number of urea groups is 1. The first-order chi connectivity index (χ1) is 6.65. The molecule has 1 unspecified atom stereocenters. The van der Waals surface area contributed by atoms with Crippen LogP contribution in [0.15, 0.2) is 0 Å². The van der Waals surface area contributed by atoms with Crippen LogP contribution in [0.5, 0.6) is 0 Å². The first-order valence-corrected chi connectivity index (χ1v) is 5.25. The summed E-state index contributed by atoms with van der Waals surface area (Å²) in [4.78, 5) is 13.0. The molecule has 0 aromatic heterocycles. The number of carbonyl (C=O) groups excluding carboxylic acids is 1. The summed E-state index contributed by atoms with van der Waals surface area (Å²) >= 11 is 0. The van der Waals surface area contributed by atoms with E-state index in [2.05, 4.69) is 12.2 Å². The Kier molecular flexibility index (Phi) is 7.20. The minimum Gasteiger partial charge on any atom is -0.396 e. The van der Waals surface area contributed by atoms with E-state index in [1.165, 1.54) is 0 Å². The Morgan fingerprint density at radius 3 is 2.57 bits per heavy atom. The van der Waals surface area contributed by atoms with Crippen LogP contribution >= 0.6 is 0 Å². The van der Waals surface area contributed by atoms with Gasteiger partial charge >= 0.3 is 6.03 Å². The number of hydrogen-bond acceptors (Lipinski definition) is 2. The van der Waals surface area contributed by atoms with E-state index in [-0.39, 0.29) is 12.6 Å². The molecule has 14 heavy (non-hydrogen) atoms. The van der Waals surface area contributed by atoms with Gasteiger partial charge in [0.05, 0.1) is 0 Å². The van der Waals surface area contributed by atoms with Crippen molar-refractivity contribution in [3.8, 4) is 0 Å². The van der Waals surface area contributed by atoms with Gasteiger partial charge in [-0.2, -0.15) is 0 Å². The van der Waals surface area contributed by atoms with Gasteiger partial charge in [-0.1, -0.05) is 13.3 Å². The molecule has 0 aromatic rings. The second-order valence-electron chi connectivity index (χ2n) is 3.49. The number of nitrogens with zero attached hydrogens (tertiary/aromatic N) is 1. The van der Waals surface area contributed by atoms with Gasteiger partial charge in [-0.15, -0.1) is 0 Å². The zero-order valence-electron chi connectivity index (χ0n) is 9.42. The van der Waals surface area contributed by atoms with Crippen LogP contribution in [-0.2, 0) is 0 Å². The minimum atomic E-state index is -0.0381. The maximum Gasteiger partial charge on any atom is 0.317 e. The summed E-state index contributed by atoms with van der Waals surface area (Å²) < 4.78 is 0. The molecular formula is C10H22N2O2. The van der Waals surface area contributed by atoms with Crippen molar-refractivity contribution in [2.45, 2.75) is 26.7 Å². The molecule has 1 atom stereocenters. The zero-order valence-corrected chi connectivity index (χ0v) is 9.42. The molecule has 0 saturated heterocycles. The quantitative estimate of drug-likeness (QED) is 0.676. The maximum atomic E-state index is 11.4. The Hall–Kier alpha value is -0.770. The Balaban J connectivity index is 3.73. The predicted octanol–water partition coefficient (Wildman–Crippen LogP) is 1.06. The highest BCUT2D eigenvalue weighted by Gasteiger charge is 2.09. The number of carbonyl (C=O) groups is 1. The normalized spacial score (nSPS) is 12.3. The van der Waals surface area contributed by atoms with E-state index in [9.17, 15) is 4.79 Å². The minimum absolute atomic E-state index is 0.0381. The van der Waals surface area contributed by atoms with E-state index >= 15 is 0 Å². The van der Waals surface area contributed by atoms with Gasteiger partial charge in [-0.3, -0.25) is 0 Å². The molecule has 0 spiro atoms. The molecule has 4 heteroatoms. The largest absolute Gasteiger partial charge is 0.396 e. The van der Waals surface area contributed by atoms with Crippen molar-refractivity contribution in [3.63, 3.8) is 0 Å². The molecule has 2 N–H and O–H groups in total. The molecule has 0 heterocycles.